The molecule has 1 atom stereocenters. The van der Waals surface area contributed by atoms with Crippen LogP contribution >= 0.6 is 0 Å². The molecule has 0 aliphatic rings. The van der Waals surface area contributed by atoms with E-state index in [0.717, 1.165) is 5.57 Å². The number of aliphatic hydroxyl groups is 1. The molecule has 0 saturated carbocycles. The fraction of sp³-hybridized carbons (Fsp3) is 0.429. The molecule has 0 aliphatic heterocycles. The van der Waals surface area contributed by atoms with Gasteiger partial charge in [-0.3, -0.25) is 0 Å². The van der Waals surface area contributed by atoms with E-state index in [1.54, 1.807) is 6.08 Å². The maximum atomic E-state index is 8.83. The van der Waals surface area contributed by atoms with Gasteiger partial charge in [-0.1, -0.05) is 17.7 Å². The minimum Gasteiger partial charge on any atom is -0.385 e. The van der Waals surface area contributed by atoms with Gasteiger partial charge in [0.2, 0.25) is 0 Å². The first-order chi connectivity index (χ1) is 3.66. The Morgan fingerprint density at radius 3 is 2.25 bits per heavy atom. The number of aliphatic hydroxyl groups excluding tert-OH is 1. The SMILES string of the molecule is C=CC(O)C=C(C)C. The Morgan fingerprint density at radius 1 is 1.62 bits per heavy atom. The van der Waals surface area contributed by atoms with Crippen LogP contribution in [0.2, 0.25) is 0 Å². The predicted molar refractivity (Wildman–Crippen MR) is 35.6 cm³/mol. The fourth-order valence-electron chi connectivity index (χ4n) is 0.410. The van der Waals surface area contributed by atoms with Crippen LogP contribution in [0.4, 0.5) is 0 Å². The zero-order valence-electron chi connectivity index (χ0n) is 5.39. The summed E-state index contributed by atoms with van der Waals surface area (Å²) in [4.78, 5) is 0. The van der Waals surface area contributed by atoms with Crippen LogP contribution in [0.3, 0.4) is 0 Å². The molecule has 1 unspecified atom stereocenters. The Hall–Kier alpha value is -0.560. The van der Waals surface area contributed by atoms with Crippen LogP contribution in [0, 0.1) is 0 Å². The van der Waals surface area contributed by atoms with Crippen molar-refractivity contribution in [3.05, 3.63) is 24.3 Å². The third-order valence-electron chi connectivity index (χ3n) is 0.746. The summed E-state index contributed by atoms with van der Waals surface area (Å²) in [5, 5.41) is 8.83. The monoisotopic (exact) mass is 112 g/mol. The van der Waals surface area contributed by atoms with Gasteiger partial charge < -0.3 is 5.11 Å². The first kappa shape index (κ1) is 7.44. The fourth-order valence-corrected chi connectivity index (χ4v) is 0.410. The van der Waals surface area contributed by atoms with Gasteiger partial charge >= 0.3 is 0 Å². The smallest absolute Gasteiger partial charge is 0.0902 e. The highest BCUT2D eigenvalue weighted by atomic mass is 16.3. The van der Waals surface area contributed by atoms with Crippen molar-refractivity contribution in [3.63, 3.8) is 0 Å². The minimum atomic E-state index is -0.472. The van der Waals surface area contributed by atoms with Gasteiger partial charge in [0.15, 0.2) is 0 Å². The number of allylic oxidation sites excluding steroid dienone is 1. The maximum Gasteiger partial charge on any atom is 0.0902 e. The molecule has 0 aromatic carbocycles. The molecule has 0 aromatic heterocycles. The molecule has 0 fully saturated rings. The van der Waals surface area contributed by atoms with E-state index in [1.807, 2.05) is 13.8 Å². The second-order valence-corrected chi connectivity index (χ2v) is 1.97. The van der Waals surface area contributed by atoms with Gasteiger partial charge in [0.1, 0.15) is 0 Å². The standard InChI is InChI=1S/C7H12O/c1-4-7(8)5-6(2)3/h4-5,7-8H,1H2,2-3H3. The molecule has 0 bridgehead atoms. The number of hydrogen-bond donors (Lipinski definition) is 1. The van der Waals surface area contributed by atoms with Crippen molar-refractivity contribution in [1.82, 2.24) is 0 Å². The van der Waals surface area contributed by atoms with E-state index in [-0.39, 0.29) is 0 Å². The van der Waals surface area contributed by atoms with Crippen LogP contribution in [-0.4, -0.2) is 11.2 Å². The van der Waals surface area contributed by atoms with E-state index >= 15 is 0 Å². The number of rotatable bonds is 2. The third kappa shape index (κ3) is 3.62. The van der Waals surface area contributed by atoms with Crippen LogP contribution < -0.4 is 0 Å². The predicted octanol–water partition coefficient (Wildman–Crippen LogP) is 1.50. The molecular weight excluding hydrogens is 100 g/mol. The quantitative estimate of drug-likeness (QED) is 0.537. The Labute approximate surface area is 50.3 Å². The van der Waals surface area contributed by atoms with E-state index in [2.05, 4.69) is 6.58 Å². The summed E-state index contributed by atoms with van der Waals surface area (Å²) in [7, 11) is 0. The topological polar surface area (TPSA) is 20.2 Å². The van der Waals surface area contributed by atoms with Crippen LogP contribution in [0.1, 0.15) is 13.8 Å². The van der Waals surface area contributed by atoms with Crippen LogP contribution in [-0.2, 0) is 0 Å². The molecule has 0 spiro atoms. The lowest BCUT2D eigenvalue weighted by atomic mass is 10.2. The second kappa shape index (κ2) is 3.44. The normalized spacial score (nSPS) is 12.4. The van der Waals surface area contributed by atoms with Crippen molar-refractivity contribution in [2.75, 3.05) is 0 Å². The second-order valence-electron chi connectivity index (χ2n) is 1.97. The van der Waals surface area contributed by atoms with Gasteiger partial charge in [0, 0.05) is 0 Å². The summed E-state index contributed by atoms with van der Waals surface area (Å²) < 4.78 is 0. The molecule has 0 rings (SSSR count). The Kier molecular flexibility index (Phi) is 3.20. The Morgan fingerprint density at radius 2 is 2.12 bits per heavy atom. The molecule has 0 heterocycles. The highest BCUT2D eigenvalue weighted by molar-refractivity contribution is 5.03. The average molecular weight is 112 g/mol. The van der Waals surface area contributed by atoms with Gasteiger partial charge in [0.25, 0.3) is 0 Å². The first-order valence-electron chi connectivity index (χ1n) is 2.62. The molecule has 46 valence electrons. The van der Waals surface area contributed by atoms with E-state index in [1.165, 1.54) is 6.08 Å². The van der Waals surface area contributed by atoms with E-state index in [9.17, 15) is 0 Å². The average Bonchev–Trinajstić information content (AvgIpc) is 1.65. The maximum absolute atomic E-state index is 8.83. The molecule has 1 nitrogen and oxygen atoms in total. The molecule has 1 N–H and O–H groups in total. The minimum absolute atomic E-state index is 0.472. The highest BCUT2D eigenvalue weighted by Gasteiger charge is 1.87. The lowest BCUT2D eigenvalue weighted by Gasteiger charge is -1.95. The van der Waals surface area contributed by atoms with Crippen molar-refractivity contribution in [2.24, 2.45) is 0 Å². The van der Waals surface area contributed by atoms with Crippen molar-refractivity contribution in [1.29, 1.82) is 0 Å². The Balaban J connectivity index is 3.68. The molecule has 0 aromatic rings. The zero-order chi connectivity index (χ0) is 6.57. The van der Waals surface area contributed by atoms with Gasteiger partial charge in [-0.05, 0) is 13.8 Å². The lowest BCUT2D eigenvalue weighted by Crippen LogP contribution is -1.95. The van der Waals surface area contributed by atoms with E-state index < -0.39 is 6.10 Å². The first-order valence-corrected chi connectivity index (χ1v) is 2.62. The summed E-state index contributed by atoms with van der Waals surface area (Å²) in [5.41, 5.74) is 1.11. The lowest BCUT2D eigenvalue weighted by molar-refractivity contribution is 0.271. The van der Waals surface area contributed by atoms with Gasteiger partial charge in [0.05, 0.1) is 6.10 Å². The van der Waals surface area contributed by atoms with Crippen molar-refractivity contribution in [2.45, 2.75) is 20.0 Å². The summed E-state index contributed by atoms with van der Waals surface area (Å²) in [6, 6.07) is 0. The van der Waals surface area contributed by atoms with Crippen molar-refractivity contribution >= 4 is 0 Å². The molecule has 1 heteroatoms. The van der Waals surface area contributed by atoms with Crippen molar-refractivity contribution < 1.29 is 5.11 Å². The summed E-state index contributed by atoms with van der Waals surface area (Å²) in [6.07, 6.45) is 2.76. The summed E-state index contributed by atoms with van der Waals surface area (Å²) >= 11 is 0. The van der Waals surface area contributed by atoms with E-state index in [4.69, 9.17) is 5.11 Å². The molecule has 0 aliphatic carbocycles. The van der Waals surface area contributed by atoms with Gasteiger partial charge in [-0.2, -0.15) is 0 Å². The summed E-state index contributed by atoms with van der Waals surface area (Å²) in [6.45, 7) is 7.29. The van der Waals surface area contributed by atoms with Gasteiger partial charge in [-0.25, -0.2) is 0 Å². The van der Waals surface area contributed by atoms with Crippen LogP contribution in [0.25, 0.3) is 0 Å². The van der Waals surface area contributed by atoms with Crippen LogP contribution in [0.5, 0.6) is 0 Å². The van der Waals surface area contributed by atoms with Gasteiger partial charge in [-0.15, -0.1) is 6.58 Å². The Bertz CT molecular complexity index is 99.0. The zero-order valence-corrected chi connectivity index (χ0v) is 5.39. The molecule has 0 amide bonds. The third-order valence-corrected chi connectivity index (χ3v) is 0.746. The largest absolute Gasteiger partial charge is 0.385 e. The molecular formula is C7H12O. The van der Waals surface area contributed by atoms with Crippen molar-refractivity contribution in [3.8, 4) is 0 Å². The molecule has 0 saturated heterocycles. The summed E-state index contributed by atoms with van der Waals surface area (Å²) in [5.74, 6) is 0. The molecule has 0 radical (unpaired) electrons. The number of hydrogen-bond acceptors (Lipinski definition) is 1. The van der Waals surface area contributed by atoms with Crippen LogP contribution in [0.15, 0.2) is 24.3 Å². The molecule has 8 heavy (non-hydrogen) atoms. The highest BCUT2D eigenvalue weighted by Crippen LogP contribution is 1.93. The van der Waals surface area contributed by atoms with E-state index in [0.29, 0.717) is 0 Å².